The summed E-state index contributed by atoms with van der Waals surface area (Å²) in [6.07, 6.45) is 6.16. The second-order valence-electron chi connectivity index (χ2n) is 12.0. The van der Waals surface area contributed by atoms with Crippen LogP contribution in [0.1, 0.15) is 66.4 Å². The van der Waals surface area contributed by atoms with Gasteiger partial charge in [-0.25, -0.2) is 0 Å². The Kier molecular flexibility index (Phi) is 9.72. The number of rotatable bonds is 11. The molecule has 3 amide bonds. The van der Waals surface area contributed by atoms with Crippen molar-refractivity contribution in [3.63, 3.8) is 0 Å². The quantitative estimate of drug-likeness (QED) is 0.180. The van der Waals surface area contributed by atoms with Crippen LogP contribution >= 0.6 is 23.2 Å². The van der Waals surface area contributed by atoms with Gasteiger partial charge in [0.2, 0.25) is 11.8 Å². The van der Waals surface area contributed by atoms with Gasteiger partial charge in [0.25, 0.3) is 5.91 Å². The lowest BCUT2D eigenvalue weighted by Crippen LogP contribution is -2.53. The van der Waals surface area contributed by atoms with Crippen LogP contribution in [0.4, 0.5) is 5.69 Å². The van der Waals surface area contributed by atoms with Crippen molar-refractivity contribution >= 4 is 57.4 Å². The van der Waals surface area contributed by atoms with E-state index in [1.54, 1.807) is 28.0 Å². The maximum atomic E-state index is 14.2. The summed E-state index contributed by atoms with van der Waals surface area (Å²) in [7, 11) is 0. The Morgan fingerprint density at radius 1 is 0.867 bits per heavy atom. The summed E-state index contributed by atoms with van der Waals surface area (Å²) in [6, 6.07) is 26.0. The molecule has 1 N–H and O–H groups in total. The largest absolute Gasteiger partial charge is 0.352 e. The molecule has 6 rings (SSSR count). The van der Waals surface area contributed by atoms with Gasteiger partial charge in [0.15, 0.2) is 0 Å². The molecule has 232 valence electrons. The Bertz CT molecular complexity index is 1680. The zero-order valence-electron chi connectivity index (χ0n) is 25.2. The number of hydrogen-bond donors (Lipinski definition) is 1. The summed E-state index contributed by atoms with van der Waals surface area (Å²) in [4.78, 5) is 45.0. The fraction of sp³-hybridized carbons (Fsp3) is 0.324. The SMILES string of the molecule is O=C(NC1CCCCC1)[C@H](Cc1ccccc1)N(Cc1c(Cl)cccc1Cl)C(=O)CCCN1C(=O)c2cccc3cccc1c23. The third-order valence-electron chi connectivity index (χ3n) is 9.03. The number of anilines is 1. The normalized spacial score (nSPS) is 15.3. The minimum atomic E-state index is -0.763. The third-order valence-corrected chi connectivity index (χ3v) is 9.74. The molecule has 1 heterocycles. The van der Waals surface area contributed by atoms with Crippen LogP contribution in [-0.4, -0.2) is 41.2 Å². The lowest BCUT2D eigenvalue weighted by molar-refractivity contribution is -0.141. The van der Waals surface area contributed by atoms with Crippen molar-refractivity contribution in [2.45, 2.75) is 70.0 Å². The monoisotopic (exact) mass is 641 g/mol. The highest BCUT2D eigenvalue weighted by molar-refractivity contribution is 6.36. The number of carbonyl (C=O) groups is 3. The van der Waals surface area contributed by atoms with Gasteiger partial charge in [0.1, 0.15) is 6.04 Å². The highest BCUT2D eigenvalue weighted by Gasteiger charge is 2.34. The van der Waals surface area contributed by atoms with E-state index in [-0.39, 0.29) is 36.7 Å². The van der Waals surface area contributed by atoms with Crippen molar-refractivity contribution in [2.24, 2.45) is 0 Å². The Hall–Kier alpha value is -3.87. The molecule has 2 aliphatic rings. The van der Waals surface area contributed by atoms with E-state index in [9.17, 15) is 14.4 Å². The highest BCUT2D eigenvalue weighted by atomic mass is 35.5. The van der Waals surface area contributed by atoms with Gasteiger partial charge >= 0.3 is 0 Å². The maximum absolute atomic E-state index is 14.2. The number of carbonyl (C=O) groups excluding carboxylic acids is 3. The fourth-order valence-corrected chi connectivity index (χ4v) is 7.20. The van der Waals surface area contributed by atoms with Crippen molar-refractivity contribution in [2.75, 3.05) is 11.4 Å². The van der Waals surface area contributed by atoms with E-state index in [4.69, 9.17) is 23.2 Å². The van der Waals surface area contributed by atoms with Crippen LogP contribution in [0.3, 0.4) is 0 Å². The maximum Gasteiger partial charge on any atom is 0.258 e. The van der Waals surface area contributed by atoms with Crippen molar-refractivity contribution in [1.29, 1.82) is 0 Å². The Labute approximate surface area is 274 Å². The van der Waals surface area contributed by atoms with E-state index in [2.05, 4.69) is 5.32 Å². The van der Waals surface area contributed by atoms with Crippen LogP contribution in [-0.2, 0) is 22.6 Å². The first-order valence-electron chi connectivity index (χ1n) is 15.8. The van der Waals surface area contributed by atoms with Gasteiger partial charge in [-0.05, 0) is 54.5 Å². The molecule has 6 nitrogen and oxygen atoms in total. The van der Waals surface area contributed by atoms with Gasteiger partial charge in [0, 0.05) is 58.5 Å². The van der Waals surface area contributed by atoms with Gasteiger partial charge in [-0.15, -0.1) is 0 Å². The predicted octanol–water partition coefficient (Wildman–Crippen LogP) is 7.98. The van der Waals surface area contributed by atoms with Gasteiger partial charge < -0.3 is 15.1 Å². The van der Waals surface area contributed by atoms with Crippen molar-refractivity contribution < 1.29 is 14.4 Å². The molecule has 0 radical (unpaired) electrons. The molecule has 1 aliphatic heterocycles. The minimum Gasteiger partial charge on any atom is -0.352 e. The van der Waals surface area contributed by atoms with Crippen LogP contribution in [0, 0.1) is 0 Å². The Morgan fingerprint density at radius 3 is 2.29 bits per heavy atom. The smallest absolute Gasteiger partial charge is 0.258 e. The lowest BCUT2D eigenvalue weighted by Gasteiger charge is -2.34. The predicted molar refractivity (Wildman–Crippen MR) is 181 cm³/mol. The molecule has 4 aromatic carbocycles. The van der Waals surface area contributed by atoms with E-state index in [0.29, 0.717) is 40.6 Å². The van der Waals surface area contributed by atoms with E-state index in [1.165, 1.54) is 6.42 Å². The van der Waals surface area contributed by atoms with Crippen molar-refractivity contribution in [1.82, 2.24) is 10.2 Å². The van der Waals surface area contributed by atoms with Crippen LogP contribution in [0.2, 0.25) is 10.0 Å². The lowest BCUT2D eigenvalue weighted by atomic mass is 9.94. The molecule has 1 aliphatic carbocycles. The molecule has 8 heteroatoms. The summed E-state index contributed by atoms with van der Waals surface area (Å²) in [5.41, 5.74) is 3.12. The molecule has 1 fully saturated rings. The van der Waals surface area contributed by atoms with Crippen LogP contribution in [0.15, 0.2) is 84.9 Å². The molecule has 1 saturated carbocycles. The second-order valence-corrected chi connectivity index (χ2v) is 12.8. The van der Waals surface area contributed by atoms with E-state index in [1.807, 2.05) is 66.7 Å². The molecule has 0 unspecified atom stereocenters. The molecule has 0 saturated heterocycles. The number of nitrogens with one attached hydrogen (secondary N) is 1. The number of benzene rings is 4. The van der Waals surface area contributed by atoms with Crippen LogP contribution in [0.5, 0.6) is 0 Å². The third kappa shape index (κ3) is 6.87. The van der Waals surface area contributed by atoms with Crippen molar-refractivity contribution in [3.8, 4) is 0 Å². The highest BCUT2D eigenvalue weighted by Crippen LogP contribution is 2.37. The standard InChI is InChI=1S/C37H37Cl2N3O3/c38-30-18-9-19-31(39)29(30)24-42(33(23-25-11-3-1-4-12-25)36(44)40-27-15-5-2-6-16-27)34(43)21-10-22-41-32-20-8-14-26-13-7-17-28(35(26)32)37(41)45/h1,3-4,7-9,11-14,17-20,27,33H,2,5-6,10,15-16,21-24H2,(H,40,44)/t33-/m0/s1. The number of halogens is 2. The van der Waals surface area contributed by atoms with Gasteiger partial charge in [0.05, 0.1) is 5.69 Å². The van der Waals surface area contributed by atoms with Crippen molar-refractivity contribution in [3.05, 3.63) is 112 Å². The number of hydrogen-bond acceptors (Lipinski definition) is 3. The van der Waals surface area contributed by atoms with E-state index in [0.717, 1.165) is 47.7 Å². The summed E-state index contributed by atoms with van der Waals surface area (Å²) in [6.45, 7) is 0.483. The first-order valence-corrected chi connectivity index (χ1v) is 16.6. The molecule has 45 heavy (non-hydrogen) atoms. The molecule has 0 aromatic heterocycles. The number of amides is 3. The molecule has 0 bridgehead atoms. The van der Waals surface area contributed by atoms with Gasteiger partial charge in [-0.3, -0.25) is 14.4 Å². The summed E-state index contributed by atoms with van der Waals surface area (Å²) >= 11 is 13.2. The van der Waals surface area contributed by atoms with Gasteiger partial charge in [-0.2, -0.15) is 0 Å². The second kappa shape index (κ2) is 14.1. The van der Waals surface area contributed by atoms with E-state index < -0.39 is 6.04 Å². The molecule has 0 spiro atoms. The van der Waals surface area contributed by atoms with Gasteiger partial charge in [-0.1, -0.05) is 103 Å². The first kappa shape index (κ1) is 31.1. The topological polar surface area (TPSA) is 69.7 Å². The molecular weight excluding hydrogens is 605 g/mol. The molecule has 4 aromatic rings. The number of nitrogens with zero attached hydrogens (tertiary/aromatic N) is 2. The van der Waals surface area contributed by atoms with E-state index >= 15 is 0 Å². The Morgan fingerprint density at radius 2 is 1.56 bits per heavy atom. The zero-order valence-corrected chi connectivity index (χ0v) is 26.7. The summed E-state index contributed by atoms with van der Waals surface area (Å²) in [5, 5.41) is 6.13. The first-order chi connectivity index (χ1) is 21.9. The zero-order chi connectivity index (χ0) is 31.3. The fourth-order valence-electron chi connectivity index (χ4n) is 6.69. The molecule has 1 atom stereocenters. The average Bonchev–Trinajstić information content (AvgIpc) is 3.33. The Balaban J connectivity index is 1.26. The molecular formula is C37H37Cl2N3O3. The summed E-state index contributed by atoms with van der Waals surface area (Å²) < 4.78 is 0. The minimum absolute atomic E-state index is 0.0530. The average molecular weight is 643 g/mol. The van der Waals surface area contributed by atoms with Crippen LogP contribution in [0.25, 0.3) is 10.8 Å². The van der Waals surface area contributed by atoms with Crippen LogP contribution < -0.4 is 10.2 Å². The summed E-state index contributed by atoms with van der Waals surface area (Å²) in [5.74, 6) is -0.407.